The van der Waals surface area contributed by atoms with Gasteiger partial charge in [-0.1, -0.05) is 12.1 Å². The number of Topliss-reactive ketones (excluding diaryl/α,β-unsaturated/α-hetero) is 1. The smallest absolute Gasteiger partial charge is 0.338 e. The number of thiophene rings is 1. The van der Waals surface area contributed by atoms with Crippen LogP contribution in [0.3, 0.4) is 0 Å². The lowest BCUT2D eigenvalue weighted by Gasteiger charge is -2.11. The van der Waals surface area contributed by atoms with Crippen LogP contribution in [0.5, 0.6) is 0 Å². The highest BCUT2D eigenvalue weighted by Gasteiger charge is 2.22. The summed E-state index contributed by atoms with van der Waals surface area (Å²) in [5.41, 5.74) is 4.20. The maximum absolute atomic E-state index is 12.4. The molecule has 2 heterocycles. The summed E-state index contributed by atoms with van der Waals surface area (Å²) in [6.07, 6.45) is 0. The van der Waals surface area contributed by atoms with Crippen molar-refractivity contribution in [3.05, 3.63) is 78.6 Å². The Balaban J connectivity index is 1.72. The summed E-state index contributed by atoms with van der Waals surface area (Å²) in [5, 5.41) is 4.44. The van der Waals surface area contributed by atoms with Gasteiger partial charge in [-0.25, -0.2) is 9.59 Å². The fourth-order valence-electron chi connectivity index (χ4n) is 2.73. The summed E-state index contributed by atoms with van der Waals surface area (Å²) >= 11 is 1.28. The molecule has 3 aromatic rings. The van der Waals surface area contributed by atoms with E-state index < -0.39 is 35.2 Å². The van der Waals surface area contributed by atoms with E-state index in [1.807, 2.05) is 0 Å². The Morgan fingerprint density at radius 3 is 2.52 bits per heavy atom. The number of ether oxygens (including phenoxy) is 1. The average Bonchev–Trinajstić information content (AvgIpc) is 3.30. The van der Waals surface area contributed by atoms with Gasteiger partial charge in [-0.3, -0.25) is 23.5 Å². The van der Waals surface area contributed by atoms with Gasteiger partial charge in [0, 0.05) is 19.8 Å². The van der Waals surface area contributed by atoms with Crippen molar-refractivity contribution in [1.29, 1.82) is 0 Å². The molecular weight excluding hydrogens is 424 g/mol. The minimum absolute atomic E-state index is 0.0955. The number of nitrogens with zero attached hydrogens (tertiary/aromatic N) is 2. The lowest BCUT2D eigenvalue weighted by Crippen LogP contribution is -2.42. The molecule has 1 amide bonds. The summed E-state index contributed by atoms with van der Waals surface area (Å²) in [6, 6.07) is 9.41. The van der Waals surface area contributed by atoms with Crippen LogP contribution in [0.1, 0.15) is 30.4 Å². The Labute approximate surface area is 179 Å². The molecular formula is C20H18N4O6S. The molecule has 0 atom stereocenters. The van der Waals surface area contributed by atoms with E-state index >= 15 is 0 Å². The highest BCUT2D eigenvalue weighted by molar-refractivity contribution is 7.12. The number of anilines is 2. The van der Waals surface area contributed by atoms with Gasteiger partial charge in [0.25, 0.3) is 11.5 Å². The van der Waals surface area contributed by atoms with Gasteiger partial charge in [0.1, 0.15) is 11.4 Å². The average molecular weight is 442 g/mol. The first kappa shape index (κ1) is 21.7. The summed E-state index contributed by atoms with van der Waals surface area (Å²) in [4.78, 5) is 61.5. The van der Waals surface area contributed by atoms with Crippen molar-refractivity contribution in [1.82, 2.24) is 9.13 Å². The minimum atomic E-state index is -0.875. The van der Waals surface area contributed by atoms with Crippen molar-refractivity contribution in [3.63, 3.8) is 0 Å². The topological polar surface area (TPSA) is 142 Å². The number of hydrogen-bond donors (Lipinski definition) is 2. The number of ketones is 1. The Bertz CT molecular complexity index is 1290. The minimum Gasteiger partial charge on any atom is -0.454 e. The van der Waals surface area contributed by atoms with E-state index in [0.717, 1.165) is 9.13 Å². The van der Waals surface area contributed by atoms with Crippen LogP contribution in [-0.4, -0.2) is 33.4 Å². The number of hydrogen-bond acceptors (Lipinski definition) is 8. The lowest BCUT2D eigenvalue weighted by atomic mass is 10.2. The maximum Gasteiger partial charge on any atom is 0.338 e. The number of benzene rings is 1. The van der Waals surface area contributed by atoms with Crippen LogP contribution in [0, 0.1) is 0 Å². The normalized spacial score (nSPS) is 10.5. The Kier molecular flexibility index (Phi) is 6.16. The summed E-state index contributed by atoms with van der Waals surface area (Å²) in [7, 11) is 2.53. The summed E-state index contributed by atoms with van der Waals surface area (Å²) in [6.45, 7) is -0.748. The Morgan fingerprint density at radius 1 is 1.10 bits per heavy atom. The standard InChI is InChI=1S/C20H18N4O6S/c1-23-16(21)15(18(27)24(2)20(23)29)13(25)10-30-19(28)11-5-3-6-12(9-11)22-17(26)14-7-4-8-31-14/h3-9H,10,21H2,1-2H3,(H,22,26). The van der Waals surface area contributed by atoms with Crippen LogP contribution < -0.4 is 22.3 Å². The highest BCUT2D eigenvalue weighted by Crippen LogP contribution is 2.16. The largest absolute Gasteiger partial charge is 0.454 e. The third-order valence-corrected chi connectivity index (χ3v) is 5.29. The molecule has 10 nitrogen and oxygen atoms in total. The number of aromatic nitrogens is 2. The third-order valence-electron chi connectivity index (χ3n) is 4.42. The summed E-state index contributed by atoms with van der Waals surface area (Å²) in [5.74, 6) is -2.31. The molecule has 0 aliphatic rings. The molecule has 0 bridgehead atoms. The number of nitrogen functional groups attached to an aromatic ring is 1. The number of nitrogens with two attached hydrogens (primary N) is 1. The van der Waals surface area contributed by atoms with Crippen LogP contribution in [0.25, 0.3) is 0 Å². The van der Waals surface area contributed by atoms with E-state index in [-0.39, 0.29) is 17.3 Å². The molecule has 2 aromatic heterocycles. The molecule has 0 saturated heterocycles. The third kappa shape index (κ3) is 4.46. The molecule has 0 saturated carbocycles. The number of carbonyl (C=O) groups excluding carboxylic acids is 3. The van der Waals surface area contributed by atoms with Crippen molar-refractivity contribution in [2.75, 3.05) is 17.7 Å². The SMILES string of the molecule is Cn1c(N)c(C(=O)COC(=O)c2cccc(NC(=O)c3cccs3)c2)c(=O)n(C)c1=O. The fraction of sp³-hybridized carbons (Fsp3) is 0.150. The predicted molar refractivity (Wildman–Crippen MR) is 115 cm³/mol. The monoisotopic (exact) mass is 442 g/mol. The van der Waals surface area contributed by atoms with Crippen molar-refractivity contribution >= 4 is 40.5 Å². The van der Waals surface area contributed by atoms with Crippen LogP contribution in [0.4, 0.5) is 11.5 Å². The molecule has 0 aliphatic heterocycles. The van der Waals surface area contributed by atoms with Crippen LogP contribution in [-0.2, 0) is 18.8 Å². The molecule has 0 radical (unpaired) electrons. The van der Waals surface area contributed by atoms with Crippen LogP contribution in [0.2, 0.25) is 0 Å². The van der Waals surface area contributed by atoms with Gasteiger partial charge in [0.15, 0.2) is 6.61 Å². The Hall–Kier alpha value is -3.99. The molecule has 31 heavy (non-hydrogen) atoms. The first-order valence-electron chi connectivity index (χ1n) is 8.91. The molecule has 0 spiro atoms. The molecule has 0 aliphatic carbocycles. The number of amides is 1. The molecule has 0 unspecified atom stereocenters. The van der Waals surface area contributed by atoms with E-state index in [0.29, 0.717) is 10.6 Å². The van der Waals surface area contributed by atoms with Gasteiger partial charge in [-0.05, 0) is 29.6 Å². The van der Waals surface area contributed by atoms with E-state index in [4.69, 9.17) is 10.5 Å². The fourth-order valence-corrected chi connectivity index (χ4v) is 3.35. The molecule has 3 N–H and O–H groups in total. The number of carbonyl (C=O) groups is 3. The summed E-state index contributed by atoms with van der Waals surface area (Å²) < 4.78 is 6.70. The van der Waals surface area contributed by atoms with Gasteiger partial charge >= 0.3 is 11.7 Å². The van der Waals surface area contributed by atoms with Crippen molar-refractivity contribution < 1.29 is 19.1 Å². The molecule has 11 heteroatoms. The number of rotatable bonds is 6. The second-order valence-corrected chi connectivity index (χ2v) is 7.43. The number of nitrogens with one attached hydrogen (secondary N) is 1. The van der Waals surface area contributed by atoms with Crippen molar-refractivity contribution in [2.45, 2.75) is 0 Å². The zero-order valence-corrected chi connectivity index (χ0v) is 17.4. The second-order valence-electron chi connectivity index (χ2n) is 6.48. The quantitative estimate of drug-likeness (QED) is 0.429. The first-order valence-corrected chi connectivity index (χ1v) is 9.79. The first-order chi connectivity index (χ1) is 14.7. The zero-order chi connectivity index (χ0) is 22.7. The van der Waals surface area contributed by atoms with Gasteiger partial charge < -0.3 is 15.8 Å². The van der Waals surface area contributed by atoms with Crippen molar-refractivity contribution in [3.8, 4) is 0 Å². The van der Waals surface area contributed by atoms with Gasteiger partial charge in [0.2, 0.25) is 5.78 Å². The molecule has 1 aromatic carbocycles. The van der Waals surface area contributed by atoms with Crippen LogP contribution >= 0.6 is 11.3 Å². The maximum atomic E-state index is 12.4. The molecule has 3 rings (SSSR count). The molecule has 0 fully saturated rings. The lowest BCUT2D eigenvalue weighted by molar-refractivity contribution is 0.0474. The van der Waals surface area contributed by atoms with Crippen LogP contribution in [0.15, 0.2) is 51.4 Å². The Morgan fingerprint density at radius 2 is 1.84 bits per heavy atom. The van der Waals surface area contributed by atoms with E-state index in [2.05, 4.69) is 5.32 Å². The highest BCUT2D eigenvalue weighted by atomic mass is 32.1. The van der Waals surface area contributed by atoms with E-state index in [1.165, 1.54) is 37.6 Å². The molecule has 160 valence electrons. The zero-order valence-electron chi connectivity index (χ0n) is 16.6. The van der Waals surface area contributed by atoms with E-state index in [1.54, 1.807) is 29.6 Å². The predicted octanol–water partition coefficient (Wildman–Crippen LogP) is 1.02. The van der Waals surface area contributed by atoms with E-state index in [9.17, 15) is 24.0 Å². The van der Waals surface area contributed by atoms with Crippen molar-refractivity contribution in [2.24, 2.45) is 14.1 Å². The van der Waals surface area contributed by atoms with Gasteiger partial charge in [-0.2, -0.15) is 0 Å². The van der Waals surface area contributed by atoms with Gasteiger partial charge in [0.05, 0.1) is 10.4 Å². The second kappa shape index (κ2) is 8.79. The number of esters is 1. The van der Waals surface area contributed by atoms with Gasteiger partial charge in [-0.15, -0.1) is 11.3 Å².